The molecule has 0 aliphatic carbocycles. The third kappa shape index (κ3) is 9.83. The lowest BCUT2D eigenvalue weighted by Crippen LogP contribution is -2.60. The van der Waals surface area contributed by atoms with Crippen molar-refractivity contribution in [2.24, 2.45) is 17.8 Å². The zero-order chi connectivity index (χ0) is 39.7. The summed E-state index contributed by atoms with van der Waals surface area (Å²) in [5.74, 6) is -4.82. The van der Waals surface area contributed by atoms with E-state index in [1.165, 1.54) is 27.9 Å². The Labute approximate surface area is 309 Å². The minimum Gasteiger partial charge on any atom is -0.462 e. The van der Waals surface area contributed by atoms with Crippen molar-refractivity contribution in [2.75, 3.05) is 21.2 Å². The number of likely N-dealkylation sites (N-methyl/N-ethyl adjacent to an activating group) is 1. The predicted octanol–water partition coefficient (Wildman–Crippen LogP) is 1.51. The normalized spacial score (nSPS) is 49.1. The third-order valence-electron chi connectivity index (χ3n) is 11.6. The molecule has 18 atom stereocenters. The first-order chi connectivity index (χ1) is 23.9. The maximum Gasteiger partial charge on any atom is 0.311 e. The number of carbonyl (C=O) groups is 2. The van der Waals surface area contributed by atoms with Gasteiger partial charge in [-0.05, 0) is 82.3 Å². The number of hydrogen-bond acceptors (Lipinski definition) is 15. The number of cyclic esters (lactones) is 2. The van der Waals surface area contributed by atoms with Crippen LogP contribution in [0.3, 0.4) is 0 Å². The molecule has 52 heavy (non-hydrogen) atoms. The zero-order valence-electron chi connectivity index (χ0n) is 33.3. The molecule has 3 rings (SSSR count). The van der Waals surface area contributed by atoms with Crippen LogP contribution < -0.4 is 0 Å². The van der Waals surface area contributed by atoms with Gasteiger partial charge in [0.15, 0.2) is 12.6 Å². The molecule has 5 N–H and O–H groups in total. The maximum atomic E-state index is 14.1. The fraction of sp³-hybridized carbons (Fsp3) is 0.946. The van der Waals surface area contributed by atoms with Crippen molar-refractivity contribution >= 4 is 11.9 Å². The first kappa shape index (κ1) is 44.9. The van der Waals surface area contributed by atoms with Crippen molar-refractivity contribution in [3.05, 3.63) is 0 Å². The summed E-state index contributed by atoms with van der Waals surface area (Å²) in [4.78, 5) is 29.3. The number of methoxy groups -OCH3 is 1. The second-order valence-electron chi connectivity index (χ2n) is 16.4. The van der Waals surface area contributed by atoms with E-state index in [9.17, 15) is 35.1 Å². The van der Waals surface area contributed by atoms with E-state index in [-0.39, 0.29) is 31.4 Å². The molecule has 3 saturated heterocycles. The molecule has 0 aromatic rings. The van der Waals surface area contributed by atoms with Gasteiger partial charge in [0.25, 0.3) is 0 Å². The Hall–Kier alpha value is -1.50. The number of esters is 2. The molecule has 3 heterocycles. The molecule has 304 valence electrons. The molecule has 1 unspecified atom stereocenters. The summed E-state index contributed by atoms with van der Waals surface area (Å²) in [5.41, 5.74) is -4.93. The van der Waals surface area contributed by atoms with E-state index in [1.807, 2.05) is 25.9 Å². The molecular weight excluding hydrogens is 682 g/mol. The molecule has 0 spiro atoms. The lowest BCUT2D eigenvalue weighted by molar-refractivity contribution is -0.318. The summed E-state index contributed by atoms with van der Waals surface area (Å²) in [7, 11) is 5.16. The van der Waals surface area contributed by atoms with Gasteiger partial charge < -0.3 is 63.6 Å². The van der Waals surface area contributed by atoms with Crippen LogP contribution >= 0.6 is 0 Å². The van der Waals surface area contributed by atoms with Crippen LogP contribution in [0.2, 0.25) is 0 Å². The van der Waals surface area contributed by atoms with E-state index in [2.05, 4.69) is 0 Å². The van der Waals surface area contributed by atoms with Gasteiger partial charge in [-0.3, -0.25) is 9.59 Å². The van der Waals surface area contributed by atoms with Gasteiger partial charge in [0.2, 0.25) is 0 Å². The molecule has 0 aromatic heterocycles. The van der Waals surface area contributed by atoms with E-state index in [1.54, 1.807) is 41.5 Å². The predicted molar refractivity (Wildman–Crippen MR) is 188 cm³/mol. The molecule has 15 heteroatoms. The highest BCUT2D eigenvalue weighted by Gasteiger charge is 2.53. The molecule has 0 saturated carbocycles. The maximum absolute atomic E-state index is 14.1. The SMILES string of the molecule is CC[C@@H]1OC(=O)[C@H](C)[C@@H](O[C@H]2C[C@@](C)(OC)[C@@H](O)[C@H](C)O2)[C@H](C)C(O[C@@H]2O[C@H](C)C[C@H](N(C)C)[C@H]2O)[C@](C)(O)C[C@@H](C)OC(=O)[C@@H](C)[C@@H](O)[C@]1(C)O. The minimum atomic E-state index is -2.06. The molecule has 15 nitrogen and oxygen atoms in total. The number of ether oxygens (including phenoxy) is 7. The number of nitrogens with zero attached hydrogens (tertiary/aromatic N) is 1. The standard InChI is InChI=1S/C37H67NO14/c1-14-25-37(10,45)29(40)22(6)33(43)47-19(3)16-35(8,44)31(52-34-27(39)24(38(11)12)15-18(2)48-34)20(4)28(21(5)32(42)50-25)51-26-17-36(9,46-13)30(41)23(7)49-26/h18-31,34,39-41,44-45H,14-17H2,1-13H3/t18-,19-,20+,21-,22+,23+,24+,25+,26+,27-,28+,29-,30+,31?,34+,35-,36-,37-/m1/s1. The van der Waals surface area contributed by atoms with Gasteiger partial charge >= 0.3 is 11.9 Å². The van der Waals surface area contributed by atoms with Crippen molar-refractivity contribution < 1.29 is 68.3 Å². The van der Waals surface area contributed by atoms with Crippen LogP contribution in [0, 0.1) is 17.8 Å². The molecular formula is C37H67NO14. The fourth-order valence-electron chi connectivity index (χ4n) is 8.14. The second-order valence-corrected chi connectivity index (χ2v) is 16.4. The van der Waals surface area contributed by atoms with Gasteiger partial charge in [-0.25, -0.2) is 0 Å². The highest BCUT2D eigenvalue weighted by atomic mass is 16.7. The number of aliphatic hydroxyl groups excluding tert-OH is 3. The van der Waals surface area contributed by atoms with Crippen LogP contribution in [0.4, 0.5) is 0 Å². The largest absolute Gasteiger partial charge is 0.462 e. The van der Waals surface area contributed by atoms with Gasteiger partial charge in [0, 0.05) is 31.9 Å². The number of carbonyl (C=O) groups excluding carboxylic acids is 2. The topological polar surface area (TPSA) is 203 Å². The first-order valence-corrected chi connectivity index (χ1v) is 18.6. The van der Waals surface area contributed by atoms with Crippen molar-refractivity contribution in [3.8, 4) is 0 Å². The van der Waals surface area contributed by atoms with Gasteiger partial charge in [0.05, 0.1) is 53.6 Å². The van der Waals surface area contributed by atoms with E-state index < -0.39 is 108 Å². The summed E-state index contributed by atoms with van der Waals surface area (Å²) in [6.07, 6.45) is -11.0. The van der Waals surface area contributed by atoms with Gasteiger partial charge in [-0.15, -0.1) is 0 Å². The highest BCUT2D eigenvalue weighted by molar-refractivity contribution is 5.74. The molecule has 3 aliphatic rings. The molecule has 0 aromatic carbocycles. The average Bonchev–Trinajstić information content (AvgIpc) is 3.05. The van der Waals surface area contributed by atoms with E-state index in [4.69, 9.17) is 33.2 Å². The summed E-state index contributed by atoms with van der Waals surface area (Å²) in [6.45, 7) is 16.0. The lowest BCUT2D eigenvalue weighted by atomic mass is 9.79. The van der Waals surface area contributed by atoms with E-state index in [0.717, 1.165) is 0 Å². The van der Waals surface area contributed by atoms with Crippen LogP contribution in [-0.4, -0.2) is 154 Å². The quantitative estimate of drug-likeness (QED) is 0.234. The summed E-state index contributed by atoms with van der Waals surface area (Å²) in [5, 5.41) is 57.4. The average molecular weight is 750 g/mol. The number of aliphatic hydroxyl groups is 5. The van der Waals surface area contributed by atoms with Crippen molar-refractivity contribution in [1.82, 2.24) is 4.90 Å². The van der Waals surface area contributed by atoms with E-state index >= 15 is 0 Å². The second kappa shape index (κ2) is 17.5. The van der Waals surface area contributed by atoms with Gasteiger partial charge in [-0.1, -0.05) is 13.8 Å². The molecule has 0 bridgehead atoms. The Morgan fingerprint density at radius 2 is 1.42 bits per heavy atom. The van der Waals surface area contributed by atoms with Crippen LogP contribution in [0.1, 0.15) is 94.9 Å². The monoisotopic (exact) mass is 749 g/mol. The minimum absolute atomic E-state index is 0.0811. The Morgan fingerprint density at radius 1 is 0.827 bits per heavy atom. The molecule has 0 amide bonds. The lowest BCUT2D eigenvalue weighted by Gasteiger charge is -2.48. The van der Waals surface area contributed by atoms with Crippen molar-refractivity contribution in [1.29, 1.82) is 0 Å². The van der Waals surface area contributed by atoms with Gasteiger partial charge in [0.1, 0.15) is 30.0 Å². The highest BCUT2D eigenvalue weighted by Crippen LogP contribution is 2.40. The Kier molecular flexibility index (Phi) is 15.1. The Bertz CT molecular complexity index is 1190. The first-order valence-electron chi connectivity index (χ1n) is 18.6. The molecule has 3 aliphatic heterocycles. The van der Waals surface area contributed by atoms with Crippen molar-refractivity contribution in [2.45, 2.75) is 185 Å². The smallest absolute Gasteiger partial charge is 0.311 e. The fourth-order valence-corrected chi connectivity index (χ4v) is 8.14. The van der Waals surface area contributed by atoms with Crippen LogP contribution in [0.5, 0.6) is 0 Å². The Morgan fingerprint density at radius 3 is 1.98 bits per heavy atom. The summed E-state index contributed by atoms with van der Waals surface area (Å²) >= 11 is 0. The summed E-state index contributed by atoms with van der Waals surface area (Å²) < 4.78 is 42.7. The van der Waals surface area contributed by atoms with Crippen molar-refractivity contribution in [3.63, 3.8) is 0 Å². The molecule has 3 fully saturated rings. The van der Waals surface area contributed by atoms with E-state index in [0.29, 0.717) is 6.42 Å². The van der Waals surface area contributed by atoms with Gasteiger partial charge in [-0.2, -0.15) is 0 Å². The number of rotatable bonds is 7. The zero-order valence-corrected chi connectivity index (χ0v) is 33.3. The Balaban J connectivity index is 2.18. The third-order valence-corrected chi connectivity index (χ3v) is 11.6. The van der Waals surface area contributed by atoms with Crippen LogP contribution in [-0.2, 0) is 42.7 Å². The molecule has 0 radical (unpaired) electrons. The van der Waals surface area contributed by atoms with Crippen LogP contribution in [0.15, 0.2) is 0 Å². The van der Waals surface area contributed by atoms with Crippen LogP contribution in [0.25, 0.3) is 0 Å². The summed E-state index contributed by atoms with van der Waals surface area (Å²) in [6, 6.07) is -0.334. The number of hydrogen-bond donors (Lipinski definition) is 5.